The van der Waals surface area contributed by atoms with Gasteiger partial charge in [0.05, 0.1) is 13.2 Å². The van der Waals surface area contributed by atoms with Gasteiger partial charge in [-0.25, -0.2) is 18.2 Å². The fourth-order valence-electron chi connectivity index (χ4n) is 2.89. The van der Waals surface area contributed by atoms with E-state index in [9.17, 15) is 17.8 Å². The second-order valence-electron chi connectivity index (χ2n) is 8.46. The summed E-state index contributed by atoms with van der Waals surface area (Å²) < 4.78 is 45.1. The van der Waals surface area contributed by atoms with Crippen molar-refractivity contribution < 1.29 is 26.5 Å². The lowest BCUT2D eigenvalue weighted by atomic mass is 10.2. The number of hydrogen-bond donors (Lipinski definition) is 0. The molecule has 2 aliphatic heterocycles. The highest BCUT2D eigenvalue weighted by Crippen LogP contribution is 2.37. The van der Waals surface area contributed by atoms with E-state index in [4.69, 9.17) is 4.43 Å². The molecule has 12 heteroatoms. The third-order valence-electron chi connectivity index (χ3n) is 5.47. The topological polar surface area (TPSA) is 117 Å². The maximum Gasteiger partial charge on any atom is 0.346 e. The van der Waals surface area contributed by atoms with Crippen molar-refractivity contribution in [3.05, 3.63) is 24.3 Å². The van der Waals surface area contributed by atoms with E-state index in [1.807, 2.05) is 4.57 Å². The highest BCUT2D eigenvalue weighted by molar-refractivity contribution is 7.80. The molecule has 0 aliphatic carbocycles. The summed E-state index contributed by atoms with van der Waals surface area (Å²) in [5.74, 6) is 0.690. The molecule has 0 aromatic carbocycles. The van der Waals surface area contributed by atoms with E-state index in [-0.39, 0.29) is 18.1 Å². The number of carbonyl (C=O) groups is 1. The van der Waals surface area contributed by atoms with E-state index in [0.29, 0.717) is 17.5 Å². The quantitative estimate of drug-likeness (QED) is 0.384. The predicted molar refractivity (Wildman–Crippen MR) is 102 cm³/mol. The lowest BCUT2D eigenvalue weighted by Crippen LogP contribution is -2.40. The minimum atomic E-state index is -5.03. The zero-order valence-electron chi connectivity index (χ0n) is 16.6. The van der Waals surface area contributed by atoms with Gasteiger partial charge in [0.25, 0.3) is 0 Å². The van der Waals surface area contributed by atoms with Gasteiger partial charge in [-0.05, 0) is 24.2 Å². The summed E-state index contributed by atoms with van der Waals surface area (Å²) >= 11 is 0. The number of hydroxylamine groups is 2. The largest absolute Gasteiger partial charge is 0.724 e. The van der Waals surface area contributed by atoms with Gasteiger partial charge in [-0.15, -0.1) is 0 Å². The molecule has 156 valence electrons. The van der Waals surface area contributed by atoms with Crippen LogP contribution < -0.4 is 0 Å². The maximum absolute atomic E-state index is 12.3. The zero-order chi connectivity index (χ0) is 20.9. The number of carbonyl (C=O) groups excluding carboxylic acids is 1. The molecule has 28 heavy (non-hydrogen) atoms. The van der Waals surface area contributed by atoms with Gasteiger partial charge in [0.1, 0.15) is 11.9 Å². The molecular formula is C16H25N4O6SSi-. The van der Waals surface area contributed by atoms with Crippen LogP contribution in [0.1, 0.15) is 26.6 Å². The molecule has 0 radical (unpaired) electrons. The Hall–Kier alpha value is -1.73. The van der Waals surface area contributed by atoms with Crippen molar-refractivity contribution in [3.63, 3.8) is 0 Å². The van der Waals surface area contributed by atoms with Crippen LogP contribution in [0.4, 0.5) is 4.79 Å². The summed E-state index contributed by atoms with van der Waals surface area (Å²) in [7, 11) is -7.00. The molecule has 0 saturated carbocycles. The molecule has 1 saturated heterocycles. The third kappa shape index (κ3) is 4.15. The molecule has 10 nitrogen and oxygen atoms in total. The summed E-state index contributed by atoms with van der Waals surface area (Å²) in [5.41, 5.74) is 0.741. The van der Waals surface area contributed by atoms with Crippen LogP contribution in [0, 0.1) is 0 Å². The van der Waals surface area contributed by atoms with E-state index in [1.54, 1.807) is 18.5 Å². The van der Waals surface area contributed by atoms with Crippen molar-refractivity contribution in [2.45, 2.75) is 51.6 Å². The van der Waals surface area contributed by atoms with Crippen molar-refractivity contribution >= 4 is 30.4 Å². The number of rotatable bonds is 6. The molecule has 2 amide bonds. The summed E-state index contributed by atoms with van der Waals surface area (Å²) in [6.45, 7) is 11.6. The van der Waals surface area contributed by atoms with Crippen LogP contribution in [0.15, 0.2) is 18.5 Å². The first-order chi connectivity index (χ1) is 12.8. The van der Waals surface area contributed by atoms with Crippen LogP contribution in [-0.2, 0) is 25.7 Å². The number of aromatic nitrogens is 2. The minimum Gasteiger partial charge on any atom is -0.724 e. The predicted octanol–water partition coefficient (Wildman–Crippen LogP) is 1.76. The summed E-state index contributed by atoms with van der Waals surface area (Å²) in [6.07, 6.45) is 5.13. The Balaban J connectivity index is 1.80. The Kier molecular flexibility index (Phi) is 5.21. The number of imidazole rings is 1. The first-order valence-electron chi connectivity index (χ1n) is 8.89. The Morgan fingerprint density at radius 1 is 1.36 bits per heavy atom. The van der Waals surface area contributed by atoms with Gasteiger partial charge in [-0.1, -0.05) is 20.8 Å². The smallest absolute Gasteiger partial charge is 0.346 e. The minimum absolute atomic E-state index is 0.0629. The van der Waals surface area contributed by atoms with Gasteiger partial charge in [0, 0.05) is 24.6 Å². The summed E-state index contributed by atoms with van der Waals surface area (Å²) in [5, 5.41) is 0.672. The Morgan fingerprint density at radius 3 is 2.64 bits per heavy atom. The highest BCUT2D eigenvalue weighted by Gasteiger charge is 2.43. The van der Waals surface area contributed by atoms with Gasteiger partial charge in [0.15, 0.2) is 8.32 Å². The lowest BCUT2D eigenvalue weighted by molar-refractivity contribution is -0.0195. The molecule has 1 aromatic rings. The molecular weight excluding hydrogens is 404 g/mol. The van der Waals surface area contributed by atoms with Gasteiger partial charge in [-0.2, -0.15) is 9.35 Å². The molecule has 2 bridgehead atoms. The molecule has 2 aliphatic rings. The van der Waals surface area contributed by atoms with Crippen molar-refractivity contribution in [1.82, 2.24) is 19.5 Å². The molecule has 3 rings (SSSR count). The molecule has 3 heterocycles. The van der Waals surface area contributed by atoms with E-state index in [2.05, 4.69) is 43.1 Å². The molecule has 1 atom stereocenters. The number of hydrogen-bond acceptors (Lipinski definition) is 7. The lowest BCUT2D eigenvalue weighted by Gasteiger charge is -2.36. The normalized spacial score (nSPS) is 20.7. The standard InChI is InChI=1S/C16H26N4O6SSi/c1-16(2,3)28(4,5)25-11-14-17-6-7-19(14)12-8-13-10-18(9-12)15(21)20(13)26-27(22,23)24/h6-8,13H,9-11H2,1-5H3,(H,22,23,24)/p-1. The zero-order valence-corrected chi connectivity index (χ0v) is 18.4. The van der Waals surface area contributed by atoms with Gasteiger partial charge >= 0.3 is 6.03 Å². The number of fused-ring (bicyclic) bond motifs is 2. The Labute approximate surface area is 165 Å². The van der Waals surface area contributed by atoms with Gasteiger partial charge in [0.2, 0.25) is 10.4 Å². The first-order valence-corrected chi connectivity index (χ1v) is 13.1. The van der Waals surface area contributed by atoms with E-state index in [1.165, 1.54) is 4.90 Å². The third-order valence-corrected chi connectivity index (χ3v) is 10.3. The molecule has 0 spiro atoms. The fraction of sp³-hybridized carbons (Fsp3) is 0.625. The second kappa shape index (κ2) is 6.95. The average Bonchev–Trinajstić information content (AvgIpc) is 3.10. The number of nitrogens with zero attached hydrogens (tertiary/aromatic N) is 4. The number of urea groups is 1. The van der Waals surface area contributed by atoms with E-state index >= 15 is 0 Å². The first kappa shape index (κ1) is 21.0. The Bertz CT molecular complexity index is 904. The SMILES string of the molecule is CC(C)(C)[Si](C)(C)OCc1nccn1C1=CC2CN(C1)C(=O)N2OS(=O)(=O)[O-]. The van der Waals surface area contributed by atoms with Gasteiger partial charge in [-0.3, -0.25) is 0 Å². The fourth-order valence-corrected chi connectivity index (χ4v) is 4.18. The van der Waals surface area contributed by atoms with Crippen molar-refractivity contribution in [2.75, 3.05) is 13.1 Å². The summed E-state index contributed by atoms with van der Waals surface area (Å²) in [4.78, 5) is 18.1. The molecule has 1 unspecified atom stereocenters. The second-order valence-corrected chi connectivity index (χ2v) is 14.2. The van der Waals surface area contributed by atoms with Crippen LogP contribution in [0.3, 0.4) is 0 Å². The average molecular weight is 430 g/mol. The van der Waals surface area contributed by atoms with Crippen LogP contribution in [-0.4, -0.2) is 66.0 Å². The Morgan fingerprint density at radius 2 is 2.04 bits per heavy atom. The number of amides is 2. The highest BCUT2D eigenvalue weighted by atomic mass is 32.3. The van der Waals surface area contributed by atoms with Crippen LogP contribution in [0.25, 0.3) is 5.70 Å². The van der Waals surface area contributed by atoms with Crippen LogP contribution >= 0.6 is 0 Å². The van der Waals surface area contributed by atoms with E-state index < -0.39 is 30.8 Å². The molecule has 0 N–H and O–H groups in total. The summed E-state index contributed by atoms with van der Waals surface area (Å²) in [6, 6.07) is -1.33. The van der Waals surface area contributed by atoms with Crippen molar-refractivity contribution in [2.24, 2.45) is 0 Å². The van der Waals surface area contributed by atoms with Crippen molar-refractivity contribution in [3.8, 4) is 0 Å². The molecule has 1 aromatic heterocycles. The van der Waals surface area contributed by atoms with Crippen LogP contribution in [0.5, 0.6) is 0 Å². The van der Waals surface area contributed by atoms with Gasteiger partial charge < -0.3 is 18.4 Å². The maximum atomic E-state index is 12.3. The molecule has 1 fully saturated rings. The van der Waals surface area contributed by atoms with E-state index in [0.717, 1.165) is 5.70 Å². The van der Waals surface area contributed by atoms with Crippen molar-refractivity contribution in [1.29, 1.82) is 0 Å². The van der Waals surface area contributed by atoms with Crippen LogP contribution in [0.2, 0.25) is 18.1 Å². The monoisotopic (exact) mass is 429 g/mol.